The second-order valence-corrected chi connectivity index (χ2v) is 7.50. The molecule has 0 bridgehead atoms. The fourth-order valence-corrected chi connectivity index (χ4v) is 4.37. The first-order chi connectivity index (χ1) is 14.9. The minimum absolute atomic E-state index is 0.977. The Morgan fingerprint density at radius 3 is 1.90 bits per heavy atom. The van der Waals surface area contributed by atoms with Gasteiger partial charge in [0.1, 0.15) is 17.4 Å². The summed E-state index contributed by atoms with van der Waals surface area (Å²) in [6.45, 7) is 0. The van der Waals surface area contributed by atoms with Gasteiger partial charge in [0.25, 0.3) is 0 Å². The third-order valence-electron chi connectivity index (χ3n) is 5.73. The molecule has 140 valence electrons. The Morgan fingerprint density at radius 2 is 1.13 bits per heavy atom. The van der Waals surface area contributed by atoms with Crippen LogP contribution in [0, 0.1) is 0 Å². The molecule has 6 aromatic rings. The van der Waals surface area contributed by atoms with Crippen LogP contribution in [0.2, 0.25) is 0 Å². The van der Waals surface area contributed by atoms with Crippen molar-refractivity contribution < 1.29 is 4.40 Å². The molecule has 3 aromatic carbocycles. The summed E-state index contributed by atoms with van der Waals surface area (Å²) in [7, 11) is 0. The van der Waals surface area contributed by atoms with Crippen LogP contribution in [0.1, 0.15) is 0 Å². The predicted octanol–water partition coefficient (Wildman–Crippen LogP) is 6.46. The summed E-state index contributed by atoms with van der Waals surface area (Å²) in [5, 5.41) is 3.62. The maximum atomic E-state index is 4.81. The van der Waals surface area contributed by atoms with Gasteiger partial charge >= 0.3 is 5.65 Å². The molecule has 0 spiro atoms. The van der Waals surface area contributed by atoms with Crippen molar-refractivity contribution >= 4 is 27.3 Å². The van der Waals surface area contributed by atoms with Crippen molar-refractivity contribution in [3.8, 4) is 22.4 Å². The fourth-order valence-electron chi connectivity index (χ4n) is 4.37. The maximum Gasteiger partial charge on any atom is 0.336 e. The zero-order valence-corrected chi connectivity index (χ0v) is 16.4. The lowest BCUT2D eigenvalue weighted by Gasteiger charge is -2.12. The number of rotatable bonds is 2. The van der Waals surface area contributed by atoms with E-state index in [0.717, 1.165) is 22.2 Å². The smallest absolute Gasteiger partial charge is 0.188 e. The molecule has 0 radical (unpaired) electrons. The summed E-state index contributed by atoms with van der Waals surface area (Å²) >= 11 is 0. The van der Waals surface area contributed by atoms with Gasteiger partial charge in [0.05, 0.1) is 5.39 Å². The van der Waals surface area contributed by atoms with Crippen molar-refractivity contribution in [3.05, 3.63) is 115 Å². The monoisotopic (exact) mass is 383 g/mol. The molecule has 0 N–H and O–H groups in total. The molecule has 2 heteroatoms. The van der Waals surface area contributed by atoms with Crippen LogP contribution in [0.5, 0.6) is 0 Å². The van der Waals surface area contributed by atoms with Crippen LogP contribution in [0.3, 0.4) is 0 Å². The van der Waals surface area contributed by atoms with E-state index in [0.29, 0.717) is 0 Å². The Bertz CT molecular complexity index is 1520. The molecule has 0 aliphatic rings. The third-order valence-corrected chi connectivity index (χ3v) is 5.73. The van der Waals surface area contributed by atoms with Gasteiger partial charge in [-0.1, -0.05) is 84.9 Å². The molecule has 30 heavy (non-hydrogen) atoms. The Morgan fingerprint density at radius 1 is 0.500 bits per heavy atom. The molecule has 0 saturated carbocycles. The van der Waals surface area contributed by atoms with Crippen LogP contribution >= 0.6 is 0 Å². The van der Waals surface area contributed by atoms with Crippen LogP contribution in [0.25, 0.3) is 49.7 Å². The first kappa shape index (κ1) is 16.9. The lowest BCUT2D eigenvalue weighted by atomic mass is 9.99. The van der Waals surface area contributed by atoms with Gasteiger partial charge in [-0.3, -0.25) is 0 Å². The van der Waals surface area contributed by atoms with Gasteiger partial charge in [-0.2, -0.15) is 4.40 Å². The number of aromatic nitrogens is 2. The predicted molar refractivity (Wildman–Crippen MR) is 123 cm³/mol. The first-order valence-electron chi connectivity index (χ1n) is 10.2. The lowest BCUT2D eigenvalue weighted by Crippen LogP contribution is -2.28. The van der Waals surface area contributed by atoms with Gasteiger partial charge < -0.3 is 0 Å². The van der Waals surface area contributed by atoms with E-state index < -0.39 is 0 Å². The van der Waals surface area contributed by atoms with E-state index >= 15 is 0 Å². The molecule has 3 aromatic heterocycles. The minimum Gasteiger partial charge on any atom is -0.188 e. The van der Waals surface area contributed by atoms with E-state index in [-0.39, 0.29) is 0 Å². The molecular weight excluding hydrogens is 364 g/mol. The Balaban J connectivity index is 1.87. The largest absolute Gasteiger partial charge is 0.336 e. The molecular formula is C28H19N2+. The zero-order valence-electron chi connectivity index (χ0n) is 16.4. The standard InChI is InChI=1S/C28H19N2/c1-3-10-20(11-4-1)22-18-26(21-12-5-2-6-13-21)30-27(19-22)24-15-8-7-14-23(24)25-16-9-17-29-28(25)30/h1-19H/q+1. The van der Waals surface area contributed by atoms with Crippen LogP contribution in [0.15, 0.2) is 115 Å². The normalized spacial score (nSPS) is 11.3. The average molecular weight is 383 g/mol. The van der Waals surface area contributed by atoms with E-state index in [1.807, 2.05) is 12.3 Å². The van der Waals surface area contributed by atoms with E-state index in [2.05, 4.69) is 108 Å². The third kappa shape index (κ3) is 2.58. The van der Waals surface area contributed by atoms with Gasteiger partial charge in [-0.15, -0.1) is 0 Å². The summed E-state index contributed by atoms with van der Waals surface area (Å²) in [5.41, 5.74) is 6.87. The van der Waals surface area contributed by atoms with Gasteiger partial charge in [0.15, 0.2) is 0 Å². The molecule has 0 aliphatic heterocycles. The second kappa shape index (κ2) is 6.78. The van der Waals surface area contributed by atoms with Crippen LogP contribution in [-0.2, 0) is 0 Å². The summed E-state index contributed by atoms with van der Waals surface area (Å²) < 4.78 is 2.30. The number of pyridine rings is 3. The average Bonchev–Trinajstić information content (AvgIpc) is 2.84. The fraction of sp³-hybridized carbons (Fsp3) is 0. The number of benzene rings is 3. The molecule has 3 heterocycles. The number of hydrogen-bond donors (Lipinski definition) is 0. The Labute approximate surface area is 174 Å². The van der Waals surface area contributed by atoms with Crippen molar-refractivity contribution in [1.82, 2.24) is 4.98 Å². The Kier molecular flexibility index (Phi) is 3.82. The van der Waals surface area contributed by atoms with Crippen molar-refractivity contribution in [3.63, 3.8) is 0 Å². The SMILES string of the molecule is c1ccc(-c2cc(-c3ccccc3)[n+]3c(c2)c2ccccc2c2cccnc23)cc1. The van der Waals surface area contributed by atoms with Crippen molar-refractivity contribution in [1.29, 1.82) is 0 Å². The highest BCUT2D eigenvalue weighted by molar-refractivity contribution is 6.09. The minimum atomic E-state index is 0.977. The quantitative estimate of drug-likeness (QED) is 0.248. The van der Waals surface area contributed by atoms with Crippen molar-refractivity contribution in [2.24, 2.45) is 0 Å². The highest BCUT2D eigenvalue weighted by atomic mass is 15.0. The molecule has 0 saturated heterocycles. The van der Waals surface area contributed by atoms with E-state index in [1.165, 1.54) is 27.5 Å². The summed E-state index contributed by atoms with van der Waals surface area (Å²) in [4.78, 5) is 4.81. The topological polar surface area (TPSA) is 17.0 Å². The van der Waals surface area contributed by atoms with E-state index in [9.17, 15) is 0 Å². The number of fused-ring (bicyclic) bond motifs is 6. The summed E-state index contributed by atoms with van der Waals surface area (Å²) in [6, 6.07) is 38.5. The molecule has 0 aliphatic carbocycles. The zero-order chi connectivity index (χ0) is 19.9. The van der Waals surface area contributed by atoms with Crippen LogP contribution in [-0.4, -0.2) is 4.98 Å². The van der Waals surface area contributed by atoms with Gasteiger partial charge in [0.2, 0.25) is 0 Å². The molecule has 0 unspecified atom stereocenters. The van der Waals surface area contributed by atoms with E-state index in [4.69, 9.17) is 4.98 Å². The molecule has 2 nitrogen and oxygen atoms in total. The molecule has 0 amide bonds. The molecule has 6 rings (SSSR count). The summed E-state index contributed by atoms with van der Waals surface area (Å²) in [5.74, 6) is 0. The van der Waals surface area contributed by atoms with Gasteiger partial charge in [-0.05, 0) is 40.4 Å². The molecule has 0 atom stereocenters. The number of hydrogen-bond acceptors (Lipinski definition) is 1. The lowest BCUT2D eigenvalue weighted by molar-refractivity contribution is -0.470. The first-order valence-corrected chi connectivity index (χ1v) is 10.2. The highest BCUT2D eigenvalue weighted by Gasteiger charge is 2.20. The van der Waals surface area contributed by atoms with Gasteiger partial charge in [-0.25, -0.2) is 0 Å². The van der Waals surface area contributed by atoms with E-state index in [1.54, 1.807) is 0 Å². The molecule has 0 fully saturated rings. The Hall–Kier alpha value is -4.04. The van der Waals surface area contributed by atoms with Crippen LogP contribution < -0.4 is 4.40 Å². The van der Waals surface area contributed by atoms with Crippen molar-refractivity contribution in [2.75, 3.05) is 0 Å². The van der Waals surface area contributed by atoms with Gasteiger partial charge in [0, 0.05) is 16.3 Å². The number of nitrogens with zero attached hydrogens (tertiary/aromatic N) is 2. The van der Waals surface area contributed by atoms with Crippen LogP contribution in [0.4, 0.5) is 0 Å². The van der Waals surface area contributed by atoms with Crippen molar-refractivity contribution in [2.45, 2.75) is 0 Å². The second-order valence-electron chi connectivity index (χ2n) is 7.50. The highest BCUT2D eigenvalue weighted by Crippen LogP contribution is 2.31. The maximum absolute atomic E-state index is 4.81. The summed E-state index contributed by atoms with van der Waals surface area (Å²) in [6.07, 6.45) is 1.88.